The van der Waals surface area contributed by atoms with E-state index < -0.39 is 12.8 Å². The van der Waals surface area contributed by atoms with Gasteiger partial charge in [-0.05, 0) is 13.3 Å². The largest absolute Gasteiger partial charge is 0.411 e. The molecule has 0 aliphatic carbocycles. The van der Waals surface area contributed by atoms with Crippen LogP contribution in [-0.4, -0.2) is 76.6 Å². The summed E-state index contributed by atoms with van der Waals surface area (Å²) < 4.78 is 42.4. The van der Waals surface area contributed by atoms with Crippen LogP contribution >= 0.6 is 0 Å². The summed E-state index contributed by atoms with van der Waals surface area (Å²) in [7, 11) is 0. The molecule has 0 atom stereocenters. The van der Waals surface area contributed by atoms with Crippen LogP contribution in [0.2, 0.25) is 0 Å². The van der Waals surface area contributed by atoms with E-state index in [2.05, 4.69) is 29.6 Å². The summed E-state index contributed by atoms with van der Waals surface area (Å²) in [6, 6.07) is 1.99. The van der Waals surface area contributed by atoms with Gasteiger partial charge < -0.3 is 9.64 Å². The molecule has 0 spiro atoms. The Morgan fingerprint density at radius 1 is 1.20 bits per heavy atom. The van der Waals surface area contributed by atoms with Crippen LogP contribution in [0.4, 0.5) is 19.0 Å². The molecule has 7 nitrogen and oxygen atoms in total. The van der Waals surface area contributed by atoms with Gasteiger partial charge in [0.15, 0.2) is 0 Å². The molecule has 3 heterocycles. The minimum absolute atomic E-state index is 0.128. The van der Waals surface area contributed by atoms with E-state index in [1.54, 1.807) is 4.52 Å². The summed E-state index contributed by atoms with van der Waals surface area (Å²) in [5.74, 6) is 1.55. The van der Waals surface area contributed by atoms with Gasteiger partial charge in [0.2, 0.25) is 0 Å². The van der Waals surface area contributed by atoms with E-state index in [1.807, 2.05) is 13.0 Å². The Labute approximate surface area is 143 Å². The summed E-state index contributed by atoms with van der Waals surface area (Å²) in [5.41, 5.74) is 0.889. The summed E-state index contributed by atoms with van der Waals surface area (Å²) >= 11 is 0. The average Bonchev–Trinajstić information content (AvgIpc) is 3.01. The van der Waals surface area contributed by atoms with Gasteiger partial charge in [0.05, 0.1) is 0 Å². The lowest BCUT2D eigenvalue weighted by atomic mass is 10.3. The Bertz CT molecular complexity index is 696. The summed E-state index contributed by atoms with van der Waals surface area (Å²) in [6.45, 7) is 4.95. The van der Waals surface area contributed by atoms with Crippen LogP contribution in [0.5, 0.6) is 0 Å². The Balaban J connectivity index is 1.46. The monoisotopic (exact) mass is 358 g/mol. The maximum atomic E-state index is 12.0. The van der Waals surface area contributed by atoms with E-state index in [4.69, 9.17) is 0 Å². The van der Waals surface area contributed by atoms with Gasteiger partial charge in [-0.3, -0.25) is 4.90 Å². The van der Waals surface area contributed by atoms with Crippen molar-refractivity contribution in [3.05, 3.63) is 18.1 Å². The van der Waals surface area contributed by atoms with Crippen LogP contribution in [0.3, 0.4) is 0 Å². The highest BCUT2D eigenvalue weighted by Crippen LogP contribution is 2.18. The number of aromatic nitrogens is 4. The third-order valence-corrected chi connectivity index (χ3v) is 4.09. The average molecular weight is 358 g/mol. The number of hydrogen-bond acceptors (Lipinski definition) is 6. The number of hydrogen-bond donors (Lipinski definition) is 0. The van der Waals surface area contributed by atoms with Gasteiger partial charge in [-0.15, -0.1) is 0 Å². The van der Waals surface area contributed by atoms with Gasteiger partial charge in [-0.25, -0.2) is 4.98 Å². The van der Waals surface area contributed by atoms with Crippen LogP contribution in [0.25, 0.3) is 5.78 Å². The van der Waals surface area contributed by atoms with Gasteiger partial charge in [0, 0.05) is 51.1 Å². The number of aryl methyl sites for hydroxylation is 1. The summed E-state index contributed by atoms with van der Waals surface area (Å²) in [5, 5.41) is 4.22. The summed E-state index contributed by atoms with van der Waals surface area (Å²) in [4.78, 5) is 12.9. The number of halogens is 3. The molecule has 138 valence electrons. The fourth-order valence-electron chi connectivity index (χ4n) is 2.92. The van der Waals surface area contributed by atoms with Crippen LogP contribution < -0.4 is 4.90 Å². The molecule has 0 bridgehead atoms. The second-order valence-electron chi connectivity index (χ2n) is 6.08. The number of alkyl halides is 3. The van der Waals surface area contributed by atoms with Crippen LogP contribution in [0.15, 0.2) is 12.4 Å². The summed E-state index contributed by atoms with van der Waals surface area (Å²) in [6.07, 6.45) is -2.17. The number of piperazine rings is 1. The molecule has 0 amide bonds. The Hall–Kier alpha value is -1.94. The van der Waals surface area contributed by atoms with E-state index >= 15 is 0 Å². The van der Waals surface area contributed by atoms with Crippen molar-refractivity contribution in [1.82, 2.24) is 24.5 Å². The quantitative estimate of drug-likeness (QED) is 0.730. The molecule has 1 aliphatic heterocycles. The lowest BCUT2D eigenvalue weighted by Crippen LogP contribution is -2.47. The first kappa shape index (κ1) is 17.9. The molecule has 0 radical (unpaired) electrons. The molecule has 3 rings (SSSR count). The molecule has 1 saturated heterocycles. The van der Waals surface area contributed by atoms with Crippen molar-refractivity contribution in [3.8, 4) is 0 Å². The van der Waals surface area contributed by atoms with Crippen molar-refractivity contribution >= 4 is 11.6 Å². The fourth-order valence-corrected chi connectivity index (χ4v) is 2.92. The second-order valence-corrected chi connectivity index (χ2v) is 6.08. The SMILES string of the molecule is Cc1cc(N2CCN(CCCOCC(F)(F)F)CC2)n2ncnc2n1. The smallest absolute Gasteiger partial charge is 0.372 e. The number of fused-ring (bicyclic) bond motifs is 1. The lowest BCUT2D eigenvalue weighted by Gasteiger charge is -2.35. The van der Waals surface area contributed by atoms with Crippen molar-refractivity contribution < 1.29 is 17.9 Å². The van der Waals surface area contributed by atoms with Crippen LogP contribution in [-0.2, 0) is 4.74 Å². The zero-order chi connectivity index (χ0) is 17.9. The van der Waals surface area contributed by atoms with E-state index in [0.29, 0.717) is 12.2 Å². The van der Waals surface area contributed by atoms with Crippen LogP contribution in [0, 0.1) is 6.92 Å². The van der Waals surface area contributed by atoms with E-state index in [0.717, 1.165) is 44.2 Å². The highest BCUT2D eigenvalue weighted by molar-refractivity contribution is 5.47. The van der Waals surface area contributed by atoms with Gasteiger partial charge in [-0.2, -0.15) is 27.8 Å². The molecule has 25 heavy (non-hydrogen) atoms. The van der Waals surface area contributed by atoms with Gasteiger partial charge in [0.1, 0.15) is 18.8 Å². The zero-order valence-electron chi connectivity index (χ0n) is 14.0. The number of nitrogens with zero attached hydrogens (tertiary/aromatic N) is 6. The molecular formula is C15H21F3N6O. The number of ether oxygens (including phenoxy) is 1. The number of rotatable bonds is 6. The number of anilines is 1. The predicted molar refractivity (Wildman–Crippen MR) is 85.7 cm³/mol. The Kier molecular flexibility index (Phi) is 5.38. The molecule has 0 saturated carbocycles. The zero-order valence-corrected chi connectivity index (χ0v) is 14.0. The minimum Gasteiger partial charge on any atom is -0.372 e. The van der Waals surface area contributed by atoms with Crippen molar-refractivity contribution in [2.45, 2.75) is 19.5 Å². The highest BCUT2D eigenvalue weighted by atomic mass is 19.4. The first-order valence-electron chi connectivity index (χ1n) is 8.21. The van der Waals surface area contributed by atoms with Crippen molar-refractivity contribution in [1.29, 1.82) is 0 Å². The Morgan fingerprint density at radius 3 is 2.68 bits per heavy atom. The fraction of sp³-hybridized carbons (Fsp3) is 0.667. The third-order valence-electron chi connectivity index (χ3n) is 4.09. The van der Waals surface area contributed by atoms with Gasteiger partial charge >= 0.3 is 6.18 Å². The normalized spacial score (nSPS) is 16.7. The molecule has 0 aromatic carbocycles. The molecule has 2 aromatic rings. The van der Waals surface area contributed by atoms with E-state index in [1.165, 1.54) is 6.33 Å². The third kappa shape index (κ3) is 4.79. The maximum absolute atomic E-state index is 12.0. The first-order chi connectivity index (χ1) is 11.9. The van der Waals surface area contributed by atoms with E-state index in [9.17, 15) is 13.2 Å². The first-order valence-corrected chi connectivity index (χ1v) is 8.21. The van der Waals surface area contributed by atoms with Crippen molar-refractivity contribution in [2.24, 2.45) is 0 Å². The maximum Gasteiger partial charge on any atom is 0.411 e. The molecule has 10 heteroatoms. The predicted octanol–water partition coefficient (Wildman–Crippen LogP) is 1.52. The van der Waals surface area contributed by atoms with E-state index in [-0.39, 0.29) is 6.61 Å². The molecule has 2 aromatic heterocycles. The van der Waals surface area contributed by atoms with Gasteiger partial charge in [-0.1, -0.05) is 0 Å². The highest BCUT2D eigenvalue weighted by Gasteiger charge is 2.27. The standard InChI is InChI=1S/C15H21F3N6O/c1-12-9-13(24-14(21-12)19-11-20-24)23-6-4-22(5-7-23)3-2-8-25-10-15(16,17)18/h9,11H,2-8,10H2,1H3. The molecular weight excluding hydrogens is 337 g/mol. The Morgan fingerprint density at radius 2 is 1.96 bits per heavy atom. The molecule has 1 fully saturated rings. The van der Waals surface area contributed by atoms with Gasteiger partial charge in [0.25, 0.3) is 5.78 Å². The molecule has 0 N–H and O–H groups in total. The molecule has 1 aliphatic rings. The van der Waals surface area contributed by atoms with Crippen molar-refractivity contribution in [3.63, 3.8) is 0 Å². The molecule has 0 unspecified atom stereocenters. The van der Waals surface area contributed by atoms with Crippen molar-refractivity contribution in [2.75, 3.05) is 50.8 Å². The van der Waals surface area contributed by atoms with Crippen LogP contribution in [0.1, 0.15) is 12.1 Å². The second kappa shape index (κ2) is 7.52. The lowest BCUT2D eigenvalue weighted by molar-refractivity contribution is -0.174. The topological polar surface area (TPSA) is 58.8 Å². The minimum atomic E-state index is -4.25.